The number of carbonyl (C=O) groups is 1. The molecular weight excluding hydrogens is 274 g/mol. The summed E-state index contributed by atoms with van der Waals surface area (Å²) in [5.41, 5.74) is 0.889. The van der Waals surface area contributed by atoms with Crippen LogP contribution in [0.5, 0.6) is 0 Å². The molecule has 0 saturated heterocycles. The van der Waals surface area contributed by atoms with Crippen molar-refractivity contribution in [2.75, 3.05) is 19.5 Å². The molecule has 0 amide bonds. The van der Waals surface area contributed by atoms with Crippen LogP contribution in [0.25, 0.3) is 0 Å². The van der Waals surface area contributed by atoms with Crippen molar-refractivity contribution in [2.24, 2.45) is 0 Å². The van der Waals surface area contributed by atoms with Gasteiger partial charge in [-0.25, -0.2) is 14.8 Å². The molecule has 86 valence electrons. The highest BCUT2D eigenvalue weighted by Gasteiger charge is 2.30. The molecule has 0 radical (unpaired) electrons. The smallest absolute Gasteiger partial charge is 0.376 e. The number of ether oxygens (including phenoxy) is 1. The van der Waals surface area contributed by atoms with Crippen molar-refractivity contribution in [3.63, 3.8) is 0 Å². The lowest BCUT2D eigenvalue weighted by Crippen LogP contribution is -2.12. The average molecular weight is 286 g/mol. The van der Waals surface area contributed by atoms with Crippen molar-refractivity contribution in [3.05, 3.63) is 16.0 Å². The van der Waals surface area contributed by atoms with Crippen LogP contribution in [0.2, 0.25) is 0 Å². The third-order valence-corrected chi connectivity index (χ3v) is 3.23. The lowest BCUT2D eigenvalue weighted by Gasteiger charge is -2.09. The molecule has 1 aromatic heterocycles. The average Bonchev–Trinajstić information content (AvgIpc) is 3.12. The van der Waals surface area contributed by atoms with E-state index in [9.17, 15) is 4.79 Å². The van der Waals surface area contributed by atoms with Gasteiger partial charge >= 0.3 is 5.97 Å². The van der Waals surface area contributed by atoms with Crippen LogP contribution < -0.4 is 5.32 Å². The van der Waals surface area contributed by atoms with Crippen LogP contribution in [-0.2, 0) is 4.74 Å². The lowest BCUT2D eigenvalue weighted by molar-refractivity contribution is 0.0586. The van der Waals surface area contributed by atoms with Crippen molar-refractivity contribution in [1.29, 1.82) is 0 Å². The van der Waals surface area contributed by atoms with Gasteiger partial charge in [-0.1, -0.05) is 0 Å². The van der Waals surface area contributed by atoms with Gasteiger partial charge in [0.2, 0.25) is 5.82 Å². The molecule has 1 fully saturated rings. The zero-order valence-corrected chi connectivity index (χ0v) is 10.7. The van der Waals surface area contributed by atoms with E-state index in [1.165, 1.54) is 7.11 Å². The maximum Gasteiger partial charge on any atom is 0.376 e. The van der Waals surface area contributed by atoms with Crippen molar-refractivity contribution in [1.82, 2.24) is 9.97 Å². The van der Waals surface area contributed by atoms with Gasteiger partial charge in [-0.3, -0.25) is 0 Å². The number of hydrogen-bond acceptors (Lipinski definition) is 5. The summed E-state index contributed by atoms with van der Waals surface area (Å²) in [7, 11) is 3.08. The summed E-state index contributed by atoms with van der Waals surface area (Å²) >= 11 is 3.45. The number of aromatic nitrogens is 2. The second-order valence-corrected chi connectivity index (χ2v) is 4.40. The van der Waals surface area contributed by atoms with E-state index in [4.69, 9.17) is 0 Å². The number of nitrogens with one attached hydrogen (secondary N) is 1. The van der Waals surface area contributed by atoms with Gasteiger partial charge in [-0.2, -0.15) is 0 Å². The van der Waals surface area contributed by atoms with E-state index >= 15 is 0 Å². The van der Waals surface area contributed by atoms with Gasteiger partial charge in [0, 0.05) is 13.0 Å². The third kappa shape index (κ3) is 2.02. The van der Waals surface area contributed by atoms with Crippen molar-refractivity contribution in [3.8, 4) is 0 Å². The Balaban J connectivity index is 2.47. The maximum atomic E-state index is 11.4. The zero-order chi connectivity index (χ0) is 11.7. The molecule has 1 aliphatic carbocycles. The number of hydrogen-bond donors (Lipinski definition) is 1. The largest absolute Gasteiger partial charge is 0.463 e. The molecule has 0 aliphatic heterocycles. The quantitative estimate of drug-likeness (QED) is 0.860. The lowest BCUT2D eigenvalue weighted by atomic mass is 10.2. The summed E-state index contributed by atoms with van der Waals surface area (Å²) in [6, 6.07) is 0. The molecule has 5 nitrogen and oxygen atoms in total. The van der Waals surface area contributed by atoms with E-state index in [1.54, 1.807) is 7.05 Å². The summed E-state index contributed by atoms with van der Waals surface area (Å²) in [5, 5.41) is 2.93. The molecule has 16 heavy (non-hydrogen) atoms. The van der Waals surface area contributed by atoms with Gasteiger partial charge in [0.15, 0.2) is 0 Å². The van der Waals surface area contributed by atoms with Gasteiger partial charge in [0.25, 0.3) is 0 Å². The maximum absolute atomic E-state index is 11.4. The molecule has 6 heteroatoms. The van der Waals surface area contributed by atoms with E-state index in [0.717, 1.165) is 23.0 Å². The number of methoxy groups -OCH3 is 1. The molecule has 0 aromatic carbocycles. The number of anilines is 1. The van der Waals surface area contributed by atoms with Crippen LogP contribution in [-0.4, -0.2) is 30.1 Å². The normalized spacial score (nSPS) is 14.7. The van der Waals surface area contributed by atoms with E-state index in [1.807, 2.05) is 0 Å². The van der Waals surface area contributed by atoms with E-state index < -0.39 is 5.97 Å². The molecule has 0 atom stereocenters. The van der Waals surface area contributed by atoms with Gasteiger partial charge in [-0.15, -0.1) is 0 Å². The van der Waals surface area contributed by atoms with Crippen LogP contribution in [0.3, 0.4) is 0 Å². The second-order valence-electron chi connectivity index (χ2n) is 3.61. The Kier molecular flexibility index (Phi) is 3.09. The van der Waals surface area contributed by atoms with Gasteiger partial charge in [0.1, 0.15) is 5.82 Å². The zero-order valence-electron chi connectivity index (χ0n) is 9.08. The predicted molar refractivity (Wildman–Crippen MR) is 62.6 cm³/mol. The summed E-state index contributed by atoms with van der Waals surface area (Å²) < 4.78 is 5.46. The number of nitrogens with zero attached hydrogens (tertiary/aromatic N) is 2. The minimum absolute atomic E-state index is 0.108. The molecule has 1 aromatic rings. The summed E-state index contributed by atoms with van der Waals surface area (Å²) in [4.78, 5) is 19.7. The molecule has 1 saturated carbocycles. The Bertz CT molecular complexity index is 432. The molecule has 1 aliphatic rings. The molecule has 1 N–H and O–H groups in total. The van der Waals surface area contributed by atoms with E-state index in [2.05, 4.69) is 36.0 Å². The Morgan fingerprint density at radius 1 is 1.50 bits per heavy atom. The van der Waals surface area contributed by atoms with Crippen LogP contribution in [0.4, 0.5) is 5.82 Å². The number of carbonyl (C=O) groups excluding carboxylic acids is 1. The summed E-state index contributed by atoms with van der Waals surface area (Å²) in [6.07, 6.45) is 2.22. The van der Waals surface area contributed by atoms with Crippen molar-refractivity contribution >= 4 is 27.7 Å². The monoisotopic (exact) mass is 285 g/mol. The topological polar surface area (TPSA) is 64.1 Å². The van der Waals surface area contributed by atoms with Crippen molar-refractivity contribution < 1.29 is 9.53 Å². The van der Waals surface area contributed by atoms with Crippen LogP contribution in [0.15, 0.2) is 4.47 Å². The number of rotatable bonds is 3. The molecular formula is C10H12BrN3O2. The number of esters is 1. The summed E-state index contributed by atoms with van der Waals surface area (Å²) in [6.45, 7) is 0. The minimum atomic E-state index is -0.508. The van der Waals surface area contributed by atoms with E-state index in [-0.39, 0.29) is 5.82 Å². The Morgan fingerprint density at radius 3 is 2.69 bits per heavy atom. The minimum Gasteiger partial charge on any atom is -0.463 e. The molecule has 0 unspecified atom stereocenters. The molecule has 1 heterocycles. The Labute approximate surface area is 102 Å². The summed E-state index contributed by atoms with van der Waals surface area (Å²) in [5.74, 6) is 0.660. The van der Waals surface area contributed by atoms with Gasteiger partial charge < -0.3 is 10.1 Å². The standard InChI is InChI=1S/C10H12BrN3O2/c1-12-8-6(11)7(5-3-4-5)13-9(14-8)10(15)16-2/h5H,3-4H2,1-2H3,(H,12,13,14). The van der Waals surface area contributed by atoms with E-state index in [0.29, 0.717) is 11.7 Å². The molecule has 2 rings (SSSR count). The van der Waals surface area contributed by atoms with Crippen LogP contribution >= 0.6 is 15.9 Å². The van der Waals surface area contributed by atoms with Gasteiger partial charge in [0.05, 0.1) is 17.3 Å². The molecule has 0 bridgehead atoms. The van der Waals surface area contributed by atoms with Crippen molar-refractivity contribution in [2.45, 2.75) is 18.8 Å². The highest BCUT2D eigenvalue weighted by molar-refractivity contribution is 9.10. The molecule has 0 spiro atoms. The Hall–Kier alpha value is -1.17. The first kappa shape index (κ1) is 11.3. The second kappa shape index (κ2) is 4.37. The predicted octanol–water partition coefficient (Wildman–Crippen LogP) is 1.94. The SMILES string of the molecule is CNc1nc(C(=O)OC)nc(C2CC2)c1Br. The first-order valence-corrected chi connectivity index (χ1v) is 5.80. The van der Waals surface area contributed by atoms with Gasteiger partial charge in [-0.05, 0) is 28.8 Å². The Morgan fingerprint density at radius 2 is 2.19 bits per heavy atom. The first-order valence-electron chi connectivity index (χ1n) is 5.01. The fraction of sp³-hybridized carbons (Fsp3) is 0.500. The van der Waals surface area contributed by atoms with Crippen LogP contribution in [0, 0.1) is 0 Å². The fourth-order valence-corrected chi connectivity index (χ4v) is 2.14. The highest BCUT2D eigenvalue weighted by atomic mass is 79.9. The first-order chi connectivity index (χ1) is 7.67. The van der Waals surface area contributed by atoms with Crippen LogP contribution in [0.1, 0.15) is 35.1 Å². The number of halogens is 1. The fourth-order valence-electron chi connectivity index (χ4n) is 1.44. The highest BCUT2D eigenvalue weighted by Crippen LogP contribution is 2.43. The third-order valence-electron chi connectivity index (χ3n) is 2.45.